The Hall–Kier alpha value is -3.94. The molecule has 0 amide bonds. The number of rotatable bonds is 5. The van der Waals surface area contributed by atoms with Crippen LogP contribution in [0.4, 0.5) is 5.69 Å². The van der Waals surface area contributed by atoms with Crippen molar-refractivity contribution in [1.29, 1.82) is 0 Å². The molecule has 1 N–H and O–H groups in total. The summed E-state index contributed by atoms with van der Waals surface area (Å²) in [6.45, 7) is 0. The summed E-state index contributed by atoms with van der Waals surface area (Å²) in [6, 6.07) is 15.1. The van der Waals surface area contributed by atoms with Gasteiger partial charge in [-0.15, -0.1) is 0 Å². The van der Waals surface area contributed by atoms with Gasteiger partial charge in [0.2, 0.25) is 0 Å². The number of carboxylic acid groups (broad SMARTS) is 1. The minimum atomic E-state index is -1.00. The number of para-hydroxylation sites is 1. The molecule has 2 aromatic heterocycles. The van der Waals surface area contributed by atoms with Crippen LogP contribution in [0.15, 0.2) is 59.0 Å². The Morgan fingerprint density at radius 1 is 1.10 bits per heavy atom. The number of furan rings is 1. The van der Waals surface area contributed by atoms with Crippen molar-refractivity contribution in [3.05, 3.63) is 70.3 Å². The summed E-state index contributed by atoms with van der Waals surface area (Å²) in [5.74, 6) is 0.483. The molecule has 2 heterocycles. The fourth-order valence-corrected chi connectivity index (χ4v) is 4.38. The van der Waals surface area contributed by atoms with Crippen LogP contribution >= 0.6 is 0 Å². The molecule has 0 aliphatic heterocycles. The lowest BCUT2D eigenvalue weighted by Gasteiger charge is -2.15. The molecule has 2 aromatic carbocycles. The molecule has 1 aliphatic rings. The molecule has 1 aliphatic carbocycles. The van der Waals surface area contributed by atoms with E-state index in [1.807, 2.05) is 0 Å². The van der Waals surface area contributed by atoms with E-state index in [1.54, 1.807) is 48.5 Å². The molecule has 0 atom stereocenters. The van der Waals surface area contributed by atoms with Crippen LogP contribution in [-0.4, -0.2) is 25.6 Å². The van der Waals surface area contributed by atoms with Gasteiger partial charge in [0.15, 0.2) is 11.6 Å². The molecule has 31 heavy (non-hydrogen) atoms. The number of nitro groups is 1. The van der Waals surface area contributed by atoms with Crippen LogP contribution in [0.3, 0.4) is 0 Å². The summed E-state index contributed by atoms with van der Waals surface area (Å²) in [4.78, 5) is 27.1. The molecule has 0 spiro atoms. The molecular weight excluding hydrogens is 398 g/mol. The maximum absolute atomic E-state index is 11.4. The Morgan fingerprint density at radius 2 is 1.84 bits per heavy atom. The largest absolute Gasteiger partial charge is 0.478 e. The van der Waals surface area contributed by atoms with Gasteiger partial charge < -0.3 is 14.1 Å². The first kappa shape index (κ1) is 19.0. The van der Waals surface area contributed by atoms with Crippen molar-refractivity contribution >= 4 is 22.7 Å². The van der Waals surface area contributed by atoms with Crippen LogP contribution in [0.5, 0.6) is 0 Å². The minimum absolute atomic E-state index is 0.0289. The van der Waals surface area contributed by atoms with Gasteiger partial charge in [0.05, 0.1) is 27.1 Å². The molecule has 8 nitrogen and oxygen atoms in total. The van der Waals surface area contributed by atoms with Gasteiger partial charge in [-0.25, -0.2) is 9.78 Å². The van der Waals surface area contributed by atoms with E-state index in [4.69, 9.17) is 9.40 Å². The number of hydrogen-bond acceptors (Lipinski definition) is 5. The Morgan fingerprint density at radius 3 is 2.58 bits per heavy atom. The van der Waals surface area contributed by atoms with E-state index >= 15 is 0 Å². The number of aromatic nitrogens is 2. The third-order valence-electron chi connectivity index (χ3n) is 5.82. The van der Waals surface area contributed by atoms with E-state index in [9.17, 15) is 20.0 Å². The van der Waals surface area contributed by atoms with Crippen molar-refractivity contribution in [2.45, 2.75) is 31.7 Å². The van der Waals surface area contributed by atoms with Crippen molar-refractivity contribution in [3.8, 4) is 22.9 Å². The van der Waals surface area contributed by atoms with Crippen LogP contribution < -0.4 is 0 Å². The number of hydrogen-bond donors (Lipinski definition) is 1. The van der Waals surface area contributed by atoms with Gasteiger partial charge >= 0.3 is 5.97 Å². The van der Waals surface area contributed by atoms with E-state index in [0.717, 1.165) is 31.2 Å². The molecule has 0 saturated heterocycles. The number of fused-ring (bicyclic) bond motifs is 1. The molecular formula is C23H19N3O5. The zero-order valence-electron chi connectivity index (χ0n) is 16.5. The summed E-state index contributed by atoms with van der Waals surface area (Å²) in [6.07, 6.45) is 4.26. The van der Waals surface area contributed by atoms with Crippen molar-refractivity contribution < 1.29 is 19.2 Å². The molecule has 1 saturated carbocycles. The zero-order chi connectivity index (χ0) is 21.5. The van der Waals surface area contributed by atoms with E-state index in [-0.39, 0.29) is 17.3 Å². The molecule has 1 fully saturated rings. The topological polar surface area (TPSA) is 111 Å². The number of benzene rings is 2. The van der Waals surface area contributed by atoms with Crippen LogP contribution in [-0.2, 0) is 0 Å². The van der Waals surface area contributed by atoms with Gasteiger partial charge in [-0.3, -0.25) is 10.1 Å². The Bertz CT molecular complexity index is 1310. The van der Waals surface area contributed by atoms with Gasteiger partial charge in [-0.05, 0) is 49.2 Å². The van der Waals surface area contributed by atoms with E-state index in [1.165, 1.54) is 6.07 Å². The molecule has 8 heteroatoms. The Kier molecular flexibility index (Phi) is 4.54. The molecule has 0 unspecified atom stereocenters. The molecule has 5 rings (SSSR count). The normalized spacial score (nSPS) is 14.3. The smallest absolute Gasteiger partial charge is 0.335 e. The van der Waals surface area contributed by atoms with Crippen molar-refractivity contribution in [2.24, 2.45) is 0 Å². The maximum atomic E-state index is 11.4. The number of nitro benzene ring substituents is 1. The third kappa shape index (κ3) is 3.26. The van der Waals surface area contributed by atoms with Gasteiger partial charge in [-0.2, -0.15) is 0 Å². The number of aromatic carboxylic acids is 1. The summed E-state index contributed by atoms with van der Waals surface area (Å²) in [7, 11) is 0. The standard InChI is InChI=1S/C23H19N3O5/c27-23(28)14-9-10-19-17(13-14)24-22(25(19)15-5-1-2-6-15)21-12-11-20(31-21)16-7-3-4-8-18(16)26(29)30/h3-4,7-13,15H,1-2,5-6H2,(H,27,28). The Labute approximate surface area is 176 Å². The average molecular weight is 417 g/mol. The fourth-order valence-electron chi connectivity index (χ4n) is 4.38. The number of nitrogens with zero attached hydrogens (tertiary/aromatic N) is 3. The Balaban J connectivity index is 1.66. The molecule has 0 bridgehead atoms. The highest BCUT2D eigenvalue weighted by Gasteiger charge is 2.26. The second-order valence-electron chi connectivity index (χ2n) is 7.69. The van der Waals surface area contributed by atoms with Gasteiger partial charge in [-0.1, -0.05) is 25.0 Å². The summed E-state index contributed by atoms with van der Waals surface area (Å²) in [5, 5.41) is 20.7. The predicted molar refractivity (Wildman–Crippen MR) is 114 cm³/mol. The van der Waals surface area contributed by atoms with Crippen LogP contribution in [0, 0.1) is 10.1 Å². The van der Waals surface area contributed by atoms with E-state index in [2.05, 4.69) is 4.57 Å². The number of carboxylic acids is 1. The first-order valence-electron chi connectivity index (χ1n) is 10.1. The lowest BCUT2D eigenvalue weighted by atomic mass is 10.1. The molecule has 4 aromatic rings. The summed E-state index contributed by atoms with van der Waals surface area (Å²) >= 11 is 0. The highest BCUT2D eigenvalue weighted by atomic mass is 16.6. The highest BCUT2D eigenvalue weighted by molar-refractivity contribution is 5.93. The number of carbonyl (C=O) groups is 1. The maximum Gasteiger partial charge on any atom is 0.335 e. The van der Waals surface area contributed by atoms with Crippen molar-refractivity contribution in [2.75, 3.05) is 0 Å². The zero-order valence-corrected chi connectivity index (χ0v) is 16.5. The quantitative estimate of drug-likeness (QED) is 0.330. The summed E-state index contributed by atoms with van der Waals surface area (Å²) in [5.41, 5.74) is 1.99. The van der Waals surface area contributed by atoms with E-state index < -0.39 is 10.9 Å². The monoisotopic (exact) mass is 417 g/mol. The first-order chi connectivity index (χ1) is 15.0. The lowest BCUT2D eigenvalue weighted by Crippen LogP contribution is -2.06. The van der Waals surface area contributed by atoms with Crippen LogP contribution in [0.25, 0.3) is 33.9 Å². The average Bonchev–Trinajstić information content (AvgIpc) is 3.51. The minimum Gasteiger partial charge on any atom is -0.478 e. The predicted octanol–water partition coefficient (Wildman–Crippen LogP) is 5.68. The SMILES string of the molecule is O=C(O)c1ccc2c(c1)nc(-c1ccc(-c3ccccc3[N+](=O)[O-])o1)n2C1CCCC1. The van der Waals surface area contributed by atoms with Crippen LogP contribution in [0.1, 0.15) is 42.1 Å². The molecule has 156 valence electrons. The summed E-state index contributed by atoms with van der Waals surface area (Å²) < 4.78 is 8.17. The van der Waals surface area contributed by atoms with Gasteiger partial charge in [0, 0.05) is 12.1 Å². The van der Waals surface area contributed by atoms with E-state index in [0.29, 0.717) is 28.4 Å². The van der Waals surface area contributed by atoms with Crippen molar-refractivity contribution in [1.82, 2.24) is 9.55 Å². The van der Waals surface area contributed by atoms with Crippen LogP contribution in [0.2, 0.25) is 0 Å². The van der Waals surface area contributed by atoms with Gasteiger partial charge in [0.1, 0.15) is 5.76 Å². The number of imidazole rings is 1. The second kappa shape index (κ2) is 7.39. The second-order valence-corrected chi connectivity index (χ2v) is 7.69. The fraction of sp³-hybridized carbons (Fsp3) is 0.217. The molecule has 0 radical (unpaired) electrons. The third-order valence-corrected chi connectivity index (χ3v) is 5.82. The first-order valence-corrected chi connectivity index (χ1v) is 10.1. The highest BCUT2D eigenvalue weighted by Crippen LogP contribution is 2.39. The van der Waals surface area contributed by atoms with Crippen molar-refractivity contribution in [3.63, 3.8) is 0 Å². The lowest BCUT2D eigenvalue weighted by molar-refractivity contribution is -0.384. The van der Waals surface area contributed by atoms with Gasteiger partial charge in [0.25, 0.3) is 5.69 Å².